The van der Waals surface area contributed by atoms with E-state index in [0.717, 1.165) is 25.9 Å². The fourth-order valence-electron chi connectivity index (χ4n) is 2.16. The summed E-state index contributed by atoms with van der Waals surface area (Å²) >= 11 is 5.90. The molecule has 19 heavy (non-hydrogen) atoms. The fraction of sp³-hybridized carbons (Fsp3) is 0.400. The number of carbonyl (C=O) groups excluding carboxylic acids is 1. The first kappa shape index (κ1) is 14.1. The van der Waals surface area contributed by atoms with Gasteiger partial charge in [0.2, 0.25) is 5.91 Å². The quantitative estimate of drug-likeness (QED) is 0.756. The minimum atomic E-state index is -0.413. The van der Waals surface area contributed by atoms with Crippen molar-refractivity contribution in [3.05, 3.63) is 40.7 Å². The summed E-state index contributed by atoms with van der Waals surface area (Å²) in [4.78, 5) is 13.8. The smallest absolute Gasteiger partial charge is 0.246 e. The van der Waals surface area contributed by atoms with Gasteiger partial charge in [0.25, 0.3) is 0 Å². The Morgan fingerprint density at radius 3 is 2.74 bits per heavy atom. The lowest BCUT2D eigenvalue weighted by Gasteiger charge is -2.29. The van der Waals surface area contributed by atoms with Gasteiger partial charge in [-0.15, -0.1) is 0 Å². The van der Waals surface area contributed by atoms with Gasteiger partial charge < -0.3 is 4.90 Å². The Balaban J connectivity index is 2.04. The maximum absolute atomic E-state index is 13.5. The third-order valence-electron chi connectivity index (χ3n) is 3.49. The van der Waals surface area contributed by atoms with Gasteiger partial charge in [0.05, 0.1) is 5.02 Å². The molecular weight excluding hydrogens is 265 g/mol. The lowest BCUT2D eigenvalue weighted by atomic mass is 9.99. The van der Waals surface area contributed by atoms with Crippen LogP contribution in [0.15, 0.2) is 24.3 Å². The molecule has 1 saturated heterocycles. The van der Waals surface area contributed by atoms with Gasteiger partial charge in [-0.1, -0.05) is 24.6 Å². The highest BCUT2D eigenvalue weighted by molar-refractivity contribution is 6.32. The average molecular weight is 282 g/mol. The summed E-state index contributed by atoms with van der Waals surface area (Å²) in [5.41, 5.74) is 0.267. The Morgan fingerprint density at radius 1 is 1.42 bits per heavy atom. The summed E-state index contributed by atoms with van der Waals surface area (Å²) in [5.74, 6) is 0.184. The van der Waals surface area contributed by atoms with Crippen LogP contribution >= 0.6 is 11.6 Å². The number of nitrogens with zero attached hydrogens (tertiary/aromatic N) is 1. The highest BCUT2D eigenvalue weighted by Gasteiger charge is 2.18. The number of likely N-dealkylation sites (tertiary alicyclic amines) is 1. The second-order valence-electron chi connectivity index (χ2n) is 4.98. The van der Waals surface area contributed by atoms with Crippen LogP contribution in [-0.2, 0) is 4.79 Å². The van der Waals surface area contributed by atoms with E-state index in [1.807, 2.05) is 0 Å². The van der Waals surface area contributed by atoms with Gasteiger partial charge >= 0.3 is 0 Å². The predicted molar refractivity (Wildman–Crippen MR) is 75.4 cm³/mol. The molecule has 0 radical (unpaired) electrons. The van der Waals surface area contributed by atoms with E-state index < -0.39 is 5.82 Å². The minimum absolute atomic E-state index is 0.0776. The van der Waals surface area contributed by atoms with Crippen LogP contribution in [-0.4, -0.2) is 23.9 Å². The molecule has 0 N–H and O–H groups in total. The van der Waals surface area contributed by atoms with Crippen molar-refractivity contribution < 1.29 is 9.18 Å². The molecule has 2 nitrogen and oxygen atoms in total. The van der Waals surface area contributed by atoms with E-state index in [-0.39, 0.29) is 11.5 Å². The number of hydrogen-bond acceptors (Lipinski definition) is 1. The Morgan fingerprint density at radius 2 is 2.11 bits per heavy atom. The van der Waals surface area contributed by atoms with Crippen LogP contribution in [0.4, 0.5) is 4.39 Å². The molecule has 1 aliphatic rings. The maximum Gasteiger partial charge on any atom is 0.246 e. The Bertz CT molecular complexity index is 473. The molecule has 102 valence electrons. The minimum Gasteiger partial charge on any atom is -0.339 e. The van der Waals surface area contributed by atoms with Gasteiger partial charge in [0, 0.05) is 24.7 Å². The van der Waals surface area contributed by atoms with E-state index in [2.05, 4.69) is 6.92 Å². The number of halogens is 2. The van der Waals surface area contributed by atoms with Gasteiger partial charge in [-0.05, 0) is 37.0 Å². The molecule has 1 heterocycles. The van der Waals surface area contributed by atoms with Gasteiger partial charge in [-0.25, -0.2) is 4.39 Å². The van der Waals surface area contributed by atoms with Crippen LogP contribution in [0.2, 0.25) is 5.02 Å². The van der Waals surface area contributed by atoms with Crippen molar-refractivity contribution in [1.29, 1.82) is 0 Å². The first-order chi connectivity index (χ1) is 9.08. The van der Waals surface area contributed by atoms with Crippen molar-refractivity contribution in [2.24, 2.45) is 5.92 Å². The van der Waals surface area contributed by atoms with E-state index in [0.29, 0.717) is 10.9 Å². The van der Waals surface area contributed by atoms with Gasteiger partial charge in [-0.3, -0.25) is 4.79 Å². The van der Waals surface area contributed by atoms with E-state index in [1.165, 1.54) is 18.2 Å². The topological polar surface area (TPSA) is 20.3 Å². The third-order valence-corrected chi connectivity index (χ3v) is 3.82. The number of carbonyl (C=O) groups is 1. The second-order valence-corrected chi connectivity index (χ2v) is 5.38. The third kappa shape index (κ3) is 3.57. The number of benzene rings is 1. The first-order valence-electron chi connectivity index (χ1n) is 6.49. The molecule has 0 saturated carbocycles. The van der Waals surface area contributed by atoms with Crippen molar-refractivity contribution in [3.63, 3.8) is 0 Å². The van der Waals surface area contributed by atoms with Crippen molar-refractivity contribution in [2.75, 3.05) is 13.1 Å². The van der Waals surface area contributed by atoms with Crippen LogP contribution in [0.5, 0.6) is 0 Å². The standard InChI is InChI=1S/C15H17ClFNO/c1-11-7-9-18(10-8-11)15(19)6-5-12-13(16)3-2-4-14(12)17/h2-6,11H,7-10H2,1H3/b6-5+. The largest absolute Gasteiger partial charge is 0.339 e. The number of hydrogen-bond donors (Lipinski definition) is 0. The van der Waals surface area contributed by atoms with Crippen LogP contribution in [0.25, 0.3) is 6.08 Å². The number of rotatable bonds is 2. The second kappa shape index (κ2) is 6.20. The molecule has 2 rings (SSSR count). The Hall–Kier alpha value is -1.35. The van der Waals surface area contributed by atoms with E-state index in [4.69, 9.17) is 11.6 Å². The predicted octanol–water partition coefficient (Wildman–Crippen LogP) is 3.75. The van der Waals surface area contributed by atoms with Crippen molar-refractivity contribution >= 4 is 23.6 Å². The molecule has 0 unspecified atom stereocenters. The Kier molecular flexibility index (Phi) is 4.59. The molecule has 1 amide bonds. The average Bonchev–Trinajstić information content (AvgIpc) is 2.38. The lowest BCUT2D eigenvalue weighted by Crippen LogP contribution is -2.36. The highest BCUT2D eigenvalue weighted by Crippen LogP contribution is 2.21. The molecule has 1 aromatic carbocycles. The molecule has 4 heteroatoms. The van der Waals surface area contributed by atoms with Crippen LogP contribution in [0, 0.1) is 11.7 Å². The molecule has 1 aliphatic heterocycles. The molecular formula is C15H17ClFNO. The zero-order valence-electron chi connectivity index (χ0n) is 10.9. The highest BCUT2D eigenvalue weighted by atomic mass is 35.5. The summed E-state index contributed by atoms with van der Waals surface area (Å²) in [7, 11) is 0. The summed E-state index contributed by atoms with van der Waals surface area (Å²) in [5, 5.41) is 0.316. The number of amides is 1. The summed E-state index contributed by atoms with van der Waals surface area (Å²) in [6.07, 6.45) is 4.92. The molecule has 0 bridgehead atoms. The molecule has 1 fully saturated rings. The first-order valence-corrected chi connectivity index (χ1v) is 6.86. The Labute approximate surface area is 117 Å². The van der Waals surface area contributed by atoms with Gasteiger partial charge in [-0.2, -0.15) is 0 Å². The normalized spacial score (nSPS) is 17.1. The van der Waals surface area contributed by atoms with Crippen LogP contribution in [0.1, 0.15) is 25.3 Å². The summed E-state index contributed by atoms with van der Waals surface area (Å²) < 4.78 is 13.5. The van der Waals surface area contributed by atoms with Crippen molar-refractivity contribution in [3.8, 4) is 0 Å². The van der Waals surface area contributed by atoms with Crippen molar-refractivity contribution in [1.82, 2.24) is 4.90 Å². The molecule has 1 aromatic rings. The lowest BCUT2D eigenvalue weighted by molar-refractivity contribution is -0.127. The van der Waals surface area contributed by atoms with Crippen LogP contribution < -0.4 is 0 Å². The van der Waals surface area contributed by atoms with Gasteiger partial charge in [0.15, 0.2) is 0 Å². The molecule has 0 aromatic heterocycles. The molecule has 0 aliphatic carbocycles. The zero-order valence-corrected chi connectivity index (χ0v) is 11.7. The van der Waals surface area contributed by atoms with E-state index >= 15 is 0 Å². The van der Waals surface area contributed by atoms with E-state index in [9.17, 15) is 9.18 Å². The SMILES string of the molecule is CC1CCN(C(=O)/C=C/c2c(F)cccc2Cl)CC1. The molecule has 0 spiro atoms. The van der Waals surface area contributed by atoms with E-state index in [1.54, 1.807) is 17.0 Å². The van der Waals surface area contributed by atoms with Crippen LogP contribution in [0.3, 0.4) is 0 Å². The van der Waals surface area contributed by atoms with Gasteiger partial charge in [0.1, 0.15) is 5.82 Å². The zero-order chi connectivity index (χ0) is 13.8. The molecule has 0 atom stereocenters. The maximum atomic E-state index is 13.5. The summed E-state index contributed by atoms with van der Waals surface area (Å²) in [6, 6.07) is 4.48. The fourth-order valence-corrected chi connectivity index (χ4v) is 2.38. The summed E-state index contributed by atoms with van der Waals surface area (Å²) in [6.45, 7) is 3.74. The number of piperidine rings is 1. The van der Waals surface area contributed by atoms with Crippen molar-refractivity contribution in [2.45, 2.75) is 19.8 Å². The monoisotopic (exact) mass is 281 g/mol.